The van der Waals surface area contributed by atoms with E-state index in [1.807, 2.05) is 0 Å². The lowest BCUT2D eigenvalue weighted by molar-refractivity contribution is -0.121. The minimum absolute atomic E-state index is 0.00713. The summed E-state index contributed by atoms with van der Waals surface area (Å²) in [5.74, 6) is 2.39. The highest BCUT2D eigenvalue weighted by Crippen LogP contribution is 1.83. The molecule has 0 saturated carbocycles. The largest absolute Gasteiger partial charge is 0.344 e. The molecule has 0 atom stereocenters. The molecule has 0 spiro atoms. The first-order valence-electron chi connectivity index (χ1n) is 3.16. The van der Waals surface area contributed by atoms with Crippen molar-refractivity contribution in [3.8, 4) is 12.3 Å². The summed E-state index contributed by atoms with van der Waals surface area (Å²) in [6.45, 7) is 0.503. The minimum atomic E-state index is -0.00713. The van der Waals surface area contributed by atoms with E-state index in [-0.39, 0.29) is 5.91 Å². The molecule has 2 N–H and O–H groups in total. The van der Waals surface area contributed by atoms with Crippen LogP contribution in [0.25, 0.3) is 0 Å². The van der Waals surface area contributed by atoms with Crippen LogP contribution in [0.3, 0.4) is 0 Å². The van der Waals surface area contributed by atoms with Crippen LogP contribution in [0, 0.1) is 12.3 Å². The number of carbonyl (C=O) groups excluding carboxylic acids is 1. The van der Waals surface area contributed by atoms with E-state index in [1.165, 1.54) is 0 Å². The fourth-order valence-electron chi connectivity index (χ4n) is 0.461. The Morgan fingerprint density at radius 1 is 1.70 bits per heavy atom. The van der Waals surface area contributed by atoms with Gasteiger partial charge < -0.3 is 10.6 Å². The van der Waals surface area contributed by atoms with Gasteiger partial charge in [0, 0.05) is 12.8 Å². The van der Waals surface area contributed by atoms with E-state index < -0.39 is 0 Å². The molecule has 0 aliphatic heterocycles. The second kappa shape index (κ2) is 6.12. The van der Waals surface area contributed by atoms with Crippen molar-refractivity contribution in [2.45, 2.75) is 12.8 Å². The van der Waals surface area contributed by atoms with E-state index in [9.17, 15) is 4.79 Å². The quantitative estimate of drug-likeness (QED) is 0.415. The predicted molar refractivity (Wildman–Crippen MR) is 40.1 cm³/mol. The molecule has 1 amide bonds. The van der Waals surface area contributed by atoms with Crippen LogP contribution in [-0.2, 0) is 4.79 Å². The normalized spacial score (nSPS) is 8.40. The van der Waals surface area contributed by atoms with Crippen molar-refractivity contribution >= 4 is 5.91 Å². The van der Waals surface area contributed by atoms with Crippen LogP contribution in [0.1, 0.15) is 12.8 Å². The number of hydrogen-bond donors (Lipinski definition) is 2. The molecule has 0 aromatic rings. The van der Waals surface area contributed by atoms with Crippen LogP contribution in [0.2, 0.25) is 0 Å². The number of amides is 1. The fourth-order valence-corrected chi connectivity index (χ4v) is 0.461. The lowest BCUT2D eigenvalue weighted by Gasteiger charge is -2.00. The van der Waals surface area contributed by atoms with Gasteiger partial charge in [-0.15, -0.1) is 12.3 Å². The summed E-state index contributed by atoms with van der Waals surface area (Å²) in [7, 11) is 1.77. The zero-order valence-electron chi connectivity index (χ0n) is 6.11. The third kappa shape index (κ3) is 5.13. The van der Waals surface area contributed by atoms with Crippen LogP contribution >= 0.6 is 0 Å². The summed E-state index contributed by atoms with van der Waals surface area (Å²) < 4.78 is 0. The van der Waals surface area contributed by atoms with Crippen LogP contribution in [-0.4, -0.2) is 19.6 Å². The van der Waals surface area contributed by atoms with Gasteiger partial charge in [0.15, 0.2) is 0 Å². The fraction of sp³-hybridized carbons (Fsp3) is 0.571. The van der Waals surface area contributed by atoms with E-state index >= 15 is 0 Å². The van der Waals surface area contributed by atoms with E-state index in [4.69, 9.17) is 6.42 Å². The average Bonchev–Trinajstić information content (AvgIpc) is 1.97. The van der Waals surface area contributed by atoms with Crippen molar-refractivity contribution < 1.29 is 4.79 Å². The Labute approximate surface area is 61.2 Å². The number of terminal acetylenes is 1. The molecule has 0 unspecified atom stereocenters. The van der Waals surface area contributed by atoms with E-state index in [0.29, 0.717) is 19.5 Å². The molecule has 0 radical (unpaired) electrons. The molecule has 0 bridgehead atoms. The highest BCUT2D eigenvalue weighted by molar-refractivity contribution is 5.75. The van der Waals surface area contributed by atoms with Crippen molar-refractivity contribution in [3.63, 3.8) is 0 Å². The van der Waals surface area contributed by atoms with Crippen molar-refractivity contribution in [2.75, 3.05) is 13.7 Å². The molecule has 3 nitrogen and oxygen atoms in total. The minimum Gasteiger partial charge on any atom is -0.344 e. The summed E-state index contributed by atoms with van der Waals surface area (Å²) >= 11 is 0. The van der Waals surface area contributed by atoms with Crippen LogP contribution in [0.5, 0.6) is 0 Å². The van der Waals surface area contributed by atoms with Gasteiger partial charge in [0.05, 0.1) is 6.67 Å². The maximum atomic E-state index is 10.7. The molecule has 0 aliphatic carbocycles. The Balaban J connectivity index is 3.19. The van der Waals surface area contributed by atoms with Crippen molar-refractivity contribution in [2.24, 2.45) is 0 Å². The molecule has 0 heterocycles. The Morgan fingerprint density at radius 2 is 2.40 bits per heavy atom. The number of hydrogen-bond acceptors (Lipinski definition) is 2. The summed E-state index contributed by atoms with van der Waals surface area (Å²) in [5, 5.41) is 5.41. The lowest BCUT2D eigenvalue weighted by atomic mass is 10.3. The molecule has 3 heteroatoms. The molecule has 10 heavy (non-hydrogen) atoms. The van der Waals surface area contributed by atoms with Gasteiger partial charge in [-0.1, -0.05) is 0 Å². The van der Waals surface area contributed by atoms with Gasteiger partial charge in [-0.2, -0.15) is 0 Å². The molecule has 0 fully saturated rings. The first-order chi connectivity index (χ1) is 4.81. The van der Waals surface area contributed by atoms with Crippen molar-refractivity contribution in [1.29, 1.82) is 0 Å². The van der Waals surface area contributed by atoms with Gasteiger partial charge in [0.1, 0.15) is 0 Å². The maximum absolute atomic E-state index is 10.7. The van der Waals surface area contributed by atoms with Crippen molar-refractivity contribution in [1.82, 2.24) is 10.6 Å². The highest BCUT2D eigenvalue weighted by Gasteiger charge is 1.95. The standard InChI is InChI=1S/C7H12N2O/c1-3-4-5-7(10)9-6-8-2/h1,8H,4-6H2,2H3,(H,9,10). The summed E-state index contributed by atoms with van der Waals surface area (Å²) in [4.78, 5) is 10.7. The molecular weight excluding hydrogens is 128 g/mol. The molecule has 0 aliphatic rings. The van der Waals surface area contributed by atoms with Gasteiger partial charge in [0.25, 0.3) is 0 Å². The predicted octanol–water partition coefficient (Wildman–Crippen LogP) is -0.307. The molecule has 0 aromatic carbocycles. The van der Waals surface area contributed by atoms with Gasteiger partial charge >= 0.3 is 0 Å². The monoisotopic (exact) mass is 140 g/mol. The third-order valence-electron chi connectivity index (χ3n) is 0.959. The number of nitrogens with one attached hydrogen (secondary N) is 2. The molecular formula is C7H12N2O. The summed E-state index contributed by atoms with van der Waals surface area (Å²) in [6.07, 6.45) is 5.88. The topological polar surface area (TPSA) is 41.1 Å². The molecule has 0 aromatic heterocycles. The van der Waals surface area contributed by atoms with E-state index in [0.717, 1.165) is 0 Å². The first-order valence-corrected chi connectivity index (χ1v) is 3.16. The van der Waals surface area contributed by atoms with E-state index in [2.05, 4.69) is 16.6 Å². The van der Waals surface area contributed by atoms with Crippen molar-refractivity contribution in [3.05, 3.63) is 0 Å². The maximum Gasteiger partial charge on any atom is 0.221 e. The Bertz CT molecular complexity index is 137. The average molecular weight is 140 g/mol. The van der Waals surface area contributed by atoms with Gasteiger partial charge in [-0.25, -0.2) is 0 Å². The zero-order valence-corrected chi connectivity index (χ0v) is 6.11. The summed E-state index contributed by atoms with van der Waals surface area (Å²) in [6, 6.07) is 0. The zero-order chi connectivity index (χ0) is 7.82. The van der Waals surface area contributed by atoms with Crippen LogP contribution < -0.4 is 10.6 Å². The lowest BCUT2D eigenvalue weighted by Crippen LogP contribution is -2.31. The van der Waals surface area contributed by atoms with Gasteiger partial charge in [-0.3, -0.25) is 4.79 Å². The van der Waals surface area contributed by atoms with Crippen LogP contribution in [0.4, 0.5) is 0 Å². The Kier molecular flexibility index (Phi) is 5.50. The molecule has 56 valence electrons. The molecule has 0 saturated heterocycles. The third-order valence-corrected chi connectivity index (χ3v) is 0.959. The first kappa shape index (κ1) is 8.99. The smallest absolute Gasteiger partial charge is 0.221 e. The highest BCUT2D eigenvalue weighted by atomic mass is 16.1. The van der Waals surface area contributed by atoms with Crippen LogP contribution in [0.15, 0.2) is 0 Å². The Hall–Kier alpha value is -1.01. The van der Waals surface area contributed by atoms with Gasteiger partial charge in [-0.05, 0) is 7.05 Å². The SMILES string of the molecule is C#CCCC(=O)NCNC. The van der Waals surface area contributed by atoms with E-state index in [1.54, 1.807) is 7.05 Å². The number of carbonyl (C=O) groups is 1. The summed E-state index contributed by atoms with van der Waals surface area (Å²) in [5.41, 5.74) is 0. The molecule has 0 rings (SSSR count). The second-order valence-electron chi connectivity index (χ2n) is 1.83. The second-order valence-corrected chi connectivity index (χ2v) is 1.83. The van der Waals surface area contributed by atoms with Gasteiger partial charge in [0.2, 0.25) is 5.91 Å². The number of rotatable bonds is 4. The Morgan fingerprint density at radius 3 is 2.90 bits per heavy atom.